The third-order valence-corrected chi connectivity index (χ3v) is 3.95. The van der Waals surface area contributed by atoms with Gasteiger partial charge in [-0.25, -0.2) is 0 Å². The van der Waals surface area contributed by atoms with Crippen molar-refractivity contribution in [3.05, 3.63) is 0 Å². The van der Waals surface area contributed by atoms with Gasteiger partial charge in [-0.1, -0.05) is 19.3 Å². The van der Waals surface area contributed by atoms with E-state index in [2.05, 4.69) is 5.32 Å². The highest BCUT2D eigenvalue weighted by Gasteiger charge is 2.30. The lowest BCUT2D eigenvalue weighted by atomic mass is 10.0. The van der Waals surface area contributed by atoms with Crippen LogP contribution in [0.4, 0.5) is 0 Å². The molecule has 2 unspecified atom stereocenters. The largest absolute Gasteiger partial charge is 0.356 e. The summed E-state index contributed by atoms with van der Waals surface area (Å²) in [6.45, 7) is 0.877. The van der Waals surface area contributed by atoms with Crippen LogP contribution >= 0.6 is 12.4 Å². The van der Waals surface area contributed by atoms with E-state index in [1.165, 1.54) is 25.7 Å². The van der Waals surface area contributed by atoms with Gasteiger partial charge in [0.25, 0.3) is 0 Å². The van der Waals surface area contributed by atoms with Crippen molar-refractivity contribution in [3.63, 3.8) is 0 Å². The van der Waals surface area contributed by atoms with Crippen LogP contribution in [0.5, 0.6) is 0 Å². The highest BCUT2D eigenvalue weighted by molar-refractivity contribution is 5.85. The second kappa shape index (κ2) is 6.45. The fourth-order valence-electron chi connectivity index (χ4n) is 2.90. The van der Waals surface area contributed by atoms with Crippen molar-refractivity contribution in [2.75, 3.05) is 6.54 Å². The van der Waals surface area contributed by atoms with Crippen LogP contribution in [0.2, 0.25) is 0 Å². The normalized spacial score (nSPS) is 30.1. The molecular formula is C12H23ClN2O. The molecule has 0 aromatic heterocycles. The average molecular weight is 247 g/mol. The van der Waals surface area contributed by atoms with Gasteiger partial charge in [0.05, 0.1) is 5.92 Å². The molecule has 2 aliphatic carbocycles. The Hall–Kier alpha value is -0.280. The molecule has 2 atom stereocenters. The quantitative estimate of drug-likeness (QED) is 0.799. The highest BCUT2D eigenvalue weighted by atomic mass is 35.5. The minimum absolute atomic E-state index is 0. The summed E-state index contributed by atoms with van der Waals surface area (Å²) >= 11 is 0. The van der Waals surface area contributed by atoms with Crippen molar-refractivity contribution in [1.82, 2.24) is 5.32 Å². The molecule has 0 heterocycles. The summed E-state index contributed by atoms with van der Waals surface area (Å²) in [5.41, 5.74) is 5.90. The van der Waals surface area contributed by atoms with E-state index in [-0.39, 0.29) is 30.3 Å². The lowest BCUT2D eigenvalue weighted by molar-refractivity contribution is -0.125. The first kappa shape index (κ1) is 13.8. The third-order valence-electron chi connectivity index (χ3n) is 3.95. The molecule has 1 amide bonds. The Morgan fingerprint density at radius 3 is 2.38 bits per heavy atom. The lowest BCUT2D eigenvalue weighted by Gasteiger charge is -2.17. The zero-order valence-corrected chi connectivity index (χ0v) is 10.6. The van der Waals surface area contributed by atoms with Gasteiger partial charge >= 0.3 is 0 Å². The maximum atomic E-state index is 11.8. The number of nitrogens with two attached hydrogens (primary N) is 1. The standard InChI is InChI=1S/C12H22N2O.ClH/c13-11-7-3-6-10(11)12(15)14-8-9-4-1-2-5-9;/h9-11H,1-8,13H2,(H,14,15);1H. The molecule has 3 N–H and O–H groups in total. The van der Waals surface area contributed by atoms with Gasteiger partial charge < -0.3 is 11.1 Å². The van der Waals surface area contributed by atoms with Crippen LogP contribution in [-0.4, -0.2) is 18.5 Å². The number of halogens is 1. The van der Waals surface area contributed by atoms with Crippen LogP contribution in [0.3, 0.4) is 0 Å². The second-order valence-electron chi connectivity index (χ2n) is 5.10. The Bertz CT molecular complexity index is 229. The van der Waals surface area contributed by atoms with Crippen molar-refractivity contribution in [2.45, 2.75) is 51.0 Å². The Morgan fingerprint density at radius 1 is 1.12 bits per heavy atom. The molecule has 94 valence electrons. The Balaban J connectivity index is 0.00000128. The van der Waals surface area contributed by atoms with Crippen molar-refractivity contribution >= 4 is 18.3 Å². The number of carbonyl (C=O) groups excluding carboxylic acids is 1. The zero-order chi connectivity index (χ0) is 10.7. The van der Waals surface area contributed by atoms with Crippen molar-refractivity contribution in [1.29, 1.82) is 0 Å². The summed E-state index contributed by atoms with van der Waals surface area (Å²) in [4.78, 5) is 11.8. The summed E-state index contributed by atoms with van der Waals surface area (Å²) in [5, 5.41) is 3.08. The predicted molar refractivity (Wildman–Crippen MR) is 67.5 cm³/mol. The lowest BCUT2D eigenvalue weighted by Crippen LogP contribution is -2.40. The van der Waals surface area contributed by atoms with E-state index in [1.54, 1.807) is 0 Å². The second-order valence-corrected chi connectivity index (χ2v) is 5.10. The first-order valence-electron chi connectivity index (χ1n) is 6.30. The summed E-state index contributed by atoms with van der Waals surface area (Å²) in [5.74, 6) is 1.02. The number of amides is 1. The molecule has 2 rings (SSSR count). The predicted octanol–water partition coefficient (Wildman–Crippen LogP) is 1.84. The molecule has 0 aliphatic heterocycles. The topological polar surface area (TPSA) is 55.1 Å². The molecule has 2 aliphatic rings. The molecule has 0 radical (unpaired) electrons. The van der Waals surface area contributed by atoms with E-state index in [9.17, 15) is 4.79 Å². The van der Waals surface area contributed by atoms with Gasteiger partial charge in [-0.3, -0.25) is 4.79 Å². The van der Waals surface area contributed by atoms with E-state index in [4.69, 9.17) is 5.73 Å². The van der Waals surface area contributed by atoms with Crippen LogP contribution in [0, 0.1) is 11.8 Å². The van der Waals surface area contributed by atoms with Crippen molar-refractivity contribution < 1.29 is 4.79 Å². The van der Waals surface area contributed by atoms with E-state index >= 15 is 0 Å². The fourth-order valence-corrected chi connectivity index (χ4v) is 2.90. The molecule has 0 bridgehead atoms. The summed E-state index contributed by atoms with van der Waals surface area (Å²) in [7, 11) is 0. The monoisotopic (exact) mass is 246 g/mol. The number of hydrogen-bond acceptors (Lipinski definition) is 2. The number of rotatable bonds is 3. The molecule has 0 spiro atoms. The minimum Gasteiger partial charge on any atom is -0.356 e. The fraction of sp³-hybridized carbons (Fsp3) is 0.917. The summed E-state index contributed by atoms with van der Waals surface area (Å²) in [6, 6.07) is 0.105. The van der Waals surface area contributed by atoms with E-state index in [0.717, 1.165) is 31.7 Å². The maximum Gasteiger partial charge on any atom is 0.224 e. The third kappa shape index (κ3) is 3.36. The first-order chi connectivity index (χ1) is 7.27. The molecule has 2 fully saturated rings. The van der Waals surface area contributed by atoms with Crippen LogP contribution in [0.1, 0.15) is 44.9 Å². The van der Waals surface area contributed by atoms with E-state index in [0.29, 0.717) is 0 Å². The zero-order valence-electron chi connectivity index (χ0n) is 9.78. The van der Waals surface area contributed by atoms with Crippen LogP contribution < -0.4 is 11.1 Å². The Morgan fingerprint density at radius 2 is 1.81 bits per heavy atom. The molecular weight excluding hydrogens is 224 g/mol. The molecule has 2 saturated carbocycles. The first-order valence-corrected chi connectivity index (χ1v) is 6.30. The minimum atomic E-state index is 0. The maximum absolute atomic E-state index is 11.8. The average Bonchev–Trinajstić information content (AvgIpc) is 2.84. The van der Waals surface area contributed by atoms with Gasteiger partial charge in [-0.15, -0.1) is 12.4 Å². The molecule has 3 nitrogen and oxygen atoms in total. The van der Waals surface area contributed by atoms with E-state index < -0.39 is 0 Å². The Kier molecular flexibility index (Phi) is 5.56. The summed E-state index contributed by atoms with van der Waals surface area (Å²) in [6.07, 6.45) is 8.36. The van der Waals surface area contributed by atoms with Gasteiger partial charge in [0, 0.05) is 12.6 Å². The number of nitrogens with one attached hydrogen (secondary N) is 1. The molecule has 0 saturated heterocycles. The van der Waals surface area contributed by atoms with Gasteiger partial charge in [0.2, 0.25) is 5.91 Å². The Labute approximate surface area is 104 Å². The van der Waals surface area contributed by atoms with Crippen LogP contribution in [-0.2, 0) is 4.79 Å². The SMILES string of the molecule is Cl.NC1CCCC1C(=O)NCC1CCCC1. The van der Waals surface area contributed by atoms with Gasteiger partial charge in [0.1, 0.15) is 0 Å². The van der Waals surface area contributed by atoms with Crippen LogP contribution in [0.25, 0.3) is 0 Å². The molecule has 4 heteroatoms. The van der Waals surface area contributed by atoms with Gasteiger partial charge in [0.15, 0.2) is 0 Å². The van der Waals surface area contributed by atoms with Crippen LogP contribution in [0.15, 0.2) is 0 Å². The smallest absolute Gasteiger partial charge is 0.224 e. The number of hydrogen-bond donors (Lipinski definition) is 2. The highest BCUT2D eigenvalue weighted by Crippen LogP contribution is 2.26. The van der Waals surface area contributed by atoms with Crippen molar-refractivity contribution in [3.8, 4) is 0 Å². The van der Waals surface area contributed by atoms with E-state index in [1.807, 2.05) is 0 Å². The van der Waals surface area contributed by atoms with Gasteiger partial charge in [-0.05, 0) is 31.6 Å². The molecule has 0 aromatic carbocycles. The molecule has 0 aromatic rings. The van der Waals surface area contributed by atoms with Crippen molar-refractivity contribution in [2.24, 2.45) is 17.6 Å². The molecule has 16 heavy (non-hydrogen) atoms. The number of carbonyl (C=O) groups is 1. The van der Waals surface area contributed by atoms with Gasteiger partial charge in [-0.2, -0.15) is 0 Å². The summed E-state index contributed by atoms with van der Waals surface area (Å²) < 4.78 is 0.